The summed E-state index contributed by atoms with van der Waals surface area (Å²) in [5.74, 6) is 1.13. The van der Waals surface area contributed by atoms with Crippen LogP contribution in [0.2, 0.25) is 10.0 Å². The maximum Gasteiger partial charge on any atom is 0.162 e. The topological polar surface area (TPSA) is 42.2 Å². The van der Waals surface area contributed by atoms with Crippen molar-refractivity contribution in [2.75, 3.05) is 7.11 Å². The quantitative estimate of drug-likeness (QED) is 0.575. The van der Waals surface area contributed by atoms with Crippen molar-refractivity contribution in [2.45, 2.75) is 6.61 Å². The number of allylic oxidation sites excluding steroid dienone is 1. The van der Waals surface area contributed by atoms with E-state index in [9.17, 15) is 0 Å². The van der Waals surface area contributed by atoms with Crippen LogP contribution < -0.4 is 9.47 Å². The van der Waals surface area contributed by atoms with Crippen molar-refractivity contribution >= 4 is 45.2 Å². The van der Waals surface area contributed by atoms with Gasteiger partial charge in [0.05, 0.1) is 13.2 Å². The molecule has 118 valence electrons. The van der Waals surface area contributed by atoms with Crippen LogP contribution in [0.5, 0.6) is 11.5 Å². The van der Waals surface area contributed by atoms with Crippen LogP contribution in [0, 0.1) is 11.3 Å². The zero-order valence-electron chi connectivity index (χ0n) is 12.1. The van der Waals surface area contributed by atoms with Gasteiger partial charge >= 0.3 is 0 Å². The summed E-state index contributed by atoms with van der Waals surface area (Å²) in [5, 5.41) is 9.75. The van der Waals surface area contributed by atoms with Gasteiger partial charge in [-0.3, -0.25) is 0 Å². The Morgan fingerprint density at radius 1 is 1.22 bits per heavy atom. The molecule has 2 rings (SSSR count). The van der Waals surface area contributed by atoms with Gasteiger partial charge < -0.3 is 9.47 Å². The van der Waals surface area contributed by atoms with Gasteiger partial charge in [0.2, 0.25) is 0 Å². The van der Waals surface area contributed by atoms with E-state index in [1.165, 1.54) is 6.08 Å². The lowest BCUT2D eigenvalue weighted by molar-refractivity contribution is 0.284. The number of methoxy groups -OCH3 is 1. The first kappa shape index (κ1) is 17.7. The second-order valence-electron chi connectivity index (χ2n) is 4.51. The lowest BCUT2D eigenvalue weighted by Crippen LogP contribution is -1.99. The third-order valence-electron chi connectivity index (χ3n) is 3.02. The monoisotopic (exact) mass is 411 g/mol. The van der Waals surface area contributed by atoms with Crippen molar-refractivity contribution < 1.29 is 9.47 Å². The maximum absolute atomic E-state index is 8.63. The highest BCUT2D eigenvalue weighted by atomic mass is 79.9. The molecule has 0 aliphatic heterocycles. The fourth-order valence-electron chi connectivity index (χ4n) is 1.87. The number of hydrogen-bond acceptors (Lipinski definition) is 3. The molecule has 0 aromatic heterocycles. The number of rotatable bonds is 5. The molecule has 0 aliphatic carbocycles. The van der Waals surface area contributed by atoms with Gasteiger partial charge in [-0.05, 0) is 35.9 Å². The SMILES string of the molecule is COc1cc(/C=C/C#N)c(Br)cc1OCc1ccc(Cl)cc1Cl. The number of hydrogen-bond donors (Lipinski definition) is 0. The smallest absolute Gasteiger partial charge is 0.162 e. The molecule has 0 N–H and O–H groups in total. The van der Waals surface area contributed by atoms with Gasteiger partial charge in [-0.15, -0.1) is 0 Å². The van der Waals surface area contributed by atoms with Crippen molar-refractivity contribution in [2.24, 2.45) is 0 Å². The molecule has 0 atom stereocenters. The molecule has 2 aromatic rings. The van der Waals surface area contributed by atoms with E-state index in [1.807, 2.05) is 12.1 Å². The Morgan fingerprint density at radius 3 is 2.65 bits per heavy atom. The van der Waals surface area contributed by atoms with Crippen LogP contribution in [0.25, 0.3) is 6.08 Å². The third-order valence-corrected chi connectivity index (χ3v) is 4.29. The molecule has 2 aromatic carbocycles. The summed E-state index contributed by atoms with van der Waals surface area (Å²) in [6, 6.07) is 10.8. The Hall–Kier alpha value is -1.67. The fraction of sp³-hybridized carbons (Fsp3) is 0.118. The van der Waals surface area contributed by atoms with Crippen LogP contribution >= 0.6 is 39.1 Å². The highest BCUT2D eigenvalue weighted by Crippen LogP contribution is 2.35. The Balaban J connectivity index is 2.24. The van der Waals surface area contributed by atoms with E-state index < -0.39 is 0 Å². The van der Waals surface area contributed by atoms with Crippen molar-refractivity contribution in [3.8, 4) is 17.6 Å². The van der Waals surface area contributed by atoms with Gasteiger partial charge in [0.25, 0.3) is 0 Å². The molecular formula is C17H12BrCl2NO2. The van der Waals surface area contributed by atoms with Crippen LogP contribution in [-0.2, 0) is 6.61 Å². The van der Waals surface area contributed by atoms with Crippen molar-refractivity contribution in [1.29, 1.82) is 5.26 Å². The molecule has 0 fully saturated rings. The molecule has 0 spiro atoms. The number of ether oxygens (including phenoxy) is 2. The van der Waals surface area contributed by atoms with E-state index in [2.05, 4.69) is 15.9 Å². The average molecular weight is 413 g/mol. The number of nitrogens with zero attached hydrogens (tertiary/aromatic N) is 1. The summed E-state index contributed by atoms with van der Waals surface area (Å²) in [4.78, 5) is 0. The van der Waals surface area contributed by atoms with Crippen LogP contribution in [0.1, 0.15) is 11.1 Å². The Kier molecular flexibility index (Phi) is 6.35. The Labute approximate surface area is 153 Å². The first-order chi connectivity index (χ1) is 11.0. The molecule has 0 saturated carbocycles. The number of benzene rings is 2. The van der Waals surface area contributed by atoms with Gasteiger partial charge in [-0.2, -0.15) is 5.26 Å². The summed E-state index contributed by atoms with van der Waals surface area (Å²) < 4.78 is 11.9. The molecule has 0 heterocycles. The summed E-state index contributed by atoms with van der Waals surface area (Å²) in [7, 11) is 1.56. The number of nitriles is 1. The van der Waals surface area contributed by atoms with Crippen molar-refractivity contribution in [3.05, 3.63) is 62.1 Å². The molecular weight excluding hydrogens is 401 g/mol. The average Bonchev–Trinajstić information content (AvgIpc) is 2.53. The largest absolute Gasteiger partial charge is 0.493 e. The second kappa shape index (κ2) is 8.26. The van der Waals surface area contributed by atoms with Gasteiger partial charge in [0.15, 0.2) is 11.5 Å². The molecule has 23 heavy (non-hydrogen) atoms. The van der Waals surface area contributed by atoms with Crippen LogP contribution in [-0.4, -0.2) is 7.11 Å². The minimum absolute atomic E-state index is 0.284. The Morgan fingerprint density at radius 2 is 2.00 bits per heavy atom. The molecule has 0 amide bonds. The van der Waals surface area contributed by atoms with E-state index in [0.717, 1.165) is 15.6 Å². The molecule has 0 radical (unpaired) electrons. The molecule has 0 unspecified atom stereocenters. The summed E-state index contributed by atoms with van der Waals surface area (Å²) in [6.07, 6.45) is 3.08. The lowest BCUT2D eigenvalue weighted by atomic mass is 10.2. The van der Waals surface area contributed by atoms with E-state index >= 15 is 0 Å². The lowest BCUT2D eigenvalue weighted by Gasteiger charge is -2.13. The molecule has 3 nitrogen and oxygen atoms in total. The highest BCUT2D eigenvalue weighted by Gasteiger charge is 2.10. The van der Waals surface area contributed by atoms with Crippen LogP contribution in [0.15, 0.2) is 40.9 Å². The van der Waals surface area contributed by atoms with E-state index in [-0.39, 0.29) is 6.61 Å². The third kappa shape index (κ3) is 4.65. The fourth-order valence-corrected chi connectivity index (χ4v) is 2.79. The zero-order valence-corrected chi connectivity index (χ0v) is 15.2. The second-order valence-corrected chi connectivity index (χ2v) is 6.21. The summed E-state index contributed by atoms with van der Waals surface area (Å²) in [6.45, 7) is 0.284. The number of halogens is 3. The standard InChI is InChI=1S/C17H12BrCl2NO2/c1-22-16-7-11(3-2-6-21)14(18)9-17(16)23-10-12-4-5-13(19)8-15(12)20/h2-5,7-9H,10H2,1H3/b3-2+. The zero-order chi connectivity index (χ0) is 16.8. The van der Waals surface area contributed by atoms with Crippen molar-refractivity contribution in [1.82, 2.24) is 0 Å². The minimum atomic E-state index is 0.284. The Bertz CT molecular complexity index is 785. The minimum Gasteiger partial charge on any atom is -0.493 e. The molecule has 0 bridgehead atoms. The molecule has 0 saturated heterocycles. The normalized spacial score (nSPS) is 10.6. The molecule has 6 heteroatoms. The van der Waals surface area contributed by atoms with Gasteiger partial charge in [0.1, 0.15) is 6.61 Å². The predicted octanol–water partition coefficient (Wildman–Crippen LogP) is 5.88. The van der Waals surface area contributed by atoms with Gasteiger partial charge in [0, 0.05) is 26.2 Å². The highest BCUT2D eigenvalue weighted by molar-refractivity contribution is 9.10. The predicted molar refractivity (Wildman–Crippen MR) is 96.1 cm³/mol. The van der Waals surface area contributed by atoms with E-state index in [0.29, 0.717) is 21.5 Å². The van der Waals surface area contributed by atoms with E-state index in [4.69, 9.17) is 37.9 Å². The molecule has 0 aliphatic rings. The van der Waals surface area contributed by atoms with Gasteiger partial charge in [-0.1, -0.05) is 45.2 Å². The maximum atomic E-state index is 8.63. The van der Waals surface area contributed by atoms with Crippen molar-refractivity contribution in [3.63, 3.8) is 0 Å². The van der Waals surface area contributed by atoms with Gasteiger partial charge in [-0.25, -0.2) is 0 Å². The first-order valence-electron chi connectivity index (χ1n) is 6.55. The van der Waals surface area contributed by atoms with E-state index in [1.54, 1.807) is 37.5 Å². The summed E-state index contributed by atoms with van der Waals surface area (Å²) in [5.41, 5.74) is 1.64. The van der Waals surface area contributed by atoms with Crippen LogP contribution in [0.3, 0.4) is 0 Å². The van der Waals surface area contributed by atoms with Crippen LogP contribution in [0.4, 0.5) is 0 Å². The summed E-state index contributed by atoms with van der Waals surface area (Å²) >= 11 is 15.5. The first-order valence-corrected chi connectivity index (χ1v) is 8.10.